The van der Waals surface area contributed by atoms with E-state index in [-0.39, 0.29) is 18.6 Å². The molecule has 1 aliphatic rings. The number of fused-ring (bicyclic) bond motifs is 1. The molecule has 0 saturated carbocycles. The Kier molecular flexibility index (Phi) is 5.06. The van der Waals surface area contributed by atoms with Crippen LogP contribution in [-0.4, -0.2) is 19.2 Å². The van der Waals surface area contributed by atoms with Gasteiger partial charge in [-0.3, -0.25) is 4.79 Å². The molecule has 4 rings (SSSR count). The van der Waals surface area contributed by atoms with Gasteiger partial charge in [-0.1, -0.05) is 66.7 Å². The summed E-state index contributed by atoms with van der Waals surface area (Å²) in [5.74, 6) is 1.23. The van der Waals surface area contributed by atoms with Gasteiger partial charge in [-0.05, 0) is 29.7 Å². The number of para-hydroxylation sites is 1. The second-order valence-electron chi connectivity index (χ2n) is 6.46. The smallest absolute Gasteiger partial charge is 0.255 e. The molecule has 3 aromatic rings. The number of carbonyl (C=O) groups excluding carboxylic acids is 1. The largest absolute Gasteiger partial charge is 0.454 e. The summed E-state index contributed by atoms with van der Waals surface area (Å²) in [4.78, 5) is 12.6. The Hall–Kier alpha value is -3.27. The van der Waals surface area contributed by atoms with Crippen LogP contribution in [0.4, 0.5) is 0 Å². The molecule has 0 bridgehead atoms. The van der Waals surface area contributed by atoms with Gasteiger partial charge in [0.25, 0.3) is 5.91 Å². The number of carbonyl (C=O) groups is 1. The first-order chi connectivity index (χ1) is 13.3. The van der Waals surface area contributed by atoms with Gasteiger partial charge in [0.05, 0.1) is 5.56 Å². The normalized spacial score (nSPS) is 12.2. The number of hydrogen-bond donors (Lipinski definition) is 1. The van der Waals surface area contributed by atoms with Crippen molar-refractivity contribution in [3.63, 3.8) is 0 Å². The Labute approximate surface area is 158 Å². The summed E-state index contributed by atoms with van der Waals surface area (Å²) in [5.41, 5.74) is 3.01. The van der Waals surface area contributed by atoms with Crippen LogP contribution < -0.4 is 14.8 Å². The molecule has 4 heteroatoms. The van der Waals surface area contributed by atoms with Crippen molar-refractivity contribution >= 4 is 5.91 Å². The first kappa shape index (κ1) is 17.2. The van der Waals surface area contributed by atoms with Gasteiger partial charge in [0.2, 0.25) is 6.79 Å². The molecule has 3 aromatic carbocycles. The Morgan fingerprint density at radius 3 is 2.19 bits per heavy atom. The van der Waals surface area contributed by atoms with Crippen molar-refractivity contribution in [2.45, 2.75) is 12.3 Å². The molecule has 0 aromatic heterocycles. The van der Waals surface area contributed by atoms with Crippen molar-refractivity contribution < 1.29 is 14.3 Å². The minimum Gasteiger partial charge on any atom is -0.454 e. The number of ether oxygens (including phenoxy) is 2. The van der Waals surface area contributed by atoms with Crippen molar-refractivity contribution in [3.8, 4) is 11.5 Å². The molecule has 0 spiro atoms. The minimum absolute atomic E-state index is 0.141. The fourth-order valence-corrected chi connectivity index (χ4v) is 3.43. The molecule has 0 aliphatic carbocycles. The highest BCUT2D eigenvalue weighted by Crippen LogP contribution is 2.35. The van der Waals surface area contributed by atoms with Crippen LogP contribution >= 0.6 is 0 Å². The van der Waals surface area contributed by atoms with Crippen molar-refractivity contribution in [2.24, 2.45) is 0 Å². The van der Waals surface area contributed by atoms with Crippen molar-refractivity contribution in [1.82, 2.24) is 5.32 Å². The molecular weight excluding hydrogens is 338 g/mol. The molecule has 0 fully saturated rings. The van der Waals surface area contributed by atoms with Crippen LogP contribution in [0.2, 0.25) is 0 Å². The lowest BCUT2D eigenvalue weighted by Crippen LogP contribution is -2.26. The second kappa shape index (κ2) is 7.96. The van der Waals surface area contributed by atoms with E-state index in [0.29, 0.717) is 23.6 Å². The molecule has 0 unspecified atom stereocenters. The number of nitrogens with one attached hydrogen (secondary N) is 1. The van der Waals surface area contributed by atoms with E-state index in [1.165, 1.54) is 11.1 Å². The fraction of sp³-hybridized carbons (Fsp3) is 0.174. The van der Waals surface area contributed by atoms with Crippen LogP contribution in [0.1, 0.15) is 33.8 Å². The summed E-state index contributed by atoms with van der Waals surface area (Å²) in [5, 5.41) is 3.02. The van der Waals surface area contributed by atoms with Crippen molar-refractivity contribution in [3.05, 3.63) is 95.6 Å². The van der Waals surface area contributed by atoms with E-state index in [4.69, 9.17) is 9.47 Å². The summed E-state index contributed by atoms with van der Waals surface area (Å²) in [6, 6.07) is 26.1. The molecule has 136 valence electrons. The van der Waals surface area contributed by atoms with Gasteiger partial charge in [-0.15, -0.1) is 0 Å². The van der Waals surface area contributed by atoms with Gasteiger partial charge in [-0.2, -0.15) is 0 Å². The highest BCUT2D eigenvalue weighted by atomic mass is 16.7. The molecule has 1 aliphatic heterocycles. The SMILES string of the molecule is O=C(NCCC(c1ccccc1)c1ccccc1)c1cccc2c1OCO2. The minimum atomic E-state index is -0.141. The van der Waals surface area contributed by atoms with E-state index in [1.807, 2.05) is 12.1 Å². The van der Waals surface area contributed by atoms with E-state index >= 15 is 0 Å². The third-order valence-corrected chi connectivity index (χ3v) is 4.76. The number of rotatable bonds is 6. The summed E-state index contributed by atoms with van der Waals surface area (Å²) >= 11 is 0. The lowest BCUT2D eigenvalue weighted by atomic mass is 9.88. The van der Waals surface area contributed by atoms with Gasteiger partial charge < -0.3 is 14.8 Å². The van der Waals surface area contributed by atoms with Crippen molar-refractivity contribution in [1.29, 1.82) is 0 Å². The molecule has 0 radical (unpaired) electrons. The van der Waals surface area contributed by atoms with Gasteiger partial charge >= 0.3 is 0 Å². The second-order valence-corrected chi connectivity index (χ2v) is 6.46. The van der Waals surface area contributed by atoms with Crippen LogP contribution in [0.5, 0.6) is 11.5 Å². The maximum atomic E-state index is 12.6. The molecule has 0 atom stereocenters. The van der Waals surface area contributed by atoms with Gasteiger partial charge in [0, 0.05) is 12.5 Å². The van der Waals surface area contributed by atoms with E-state index in [2.05, 4.69) is 53.8 Å². The van der Waals surface area contributed by atoms with E-state index in [9.17, 15) is 4.79 Å². The molecule has 0 saturated heterocycles. The summed E-state index contributed by atoms with van der Waals surface area (Å²) < 4.78 is 10.8. The van der Waals surface area contributed by atoms with E-state index < -0.39 is 0 Å². The number of hydrogen-bond acceptors (Lipinski definition) is 3. The maximum Gasteiger partial charge on any atom is 0.255 e. The van der Waals surface area contributed by atoms with E-state index in [1.54, 1.807) is 18.2 Å². The molecule has 1 heterocycles. The van der Waals surface area contributed by atoms with Gasteiger partial charge in [0.15, 0.2) is 11.5 Å². The molecule has 1 N–H and O–H groups in total. The molecular formula is C23H21NO3. The van der Waals surface area contributed by atoms with Crippen LogP contribution in [0.25, 0.3) is 0 Å². The Balaban J connectivity index is 1.46. The van der Waals surface area contributed by atoms with Crippen LogP contribution in [0, 0.1) is 0 Å². The summed E-state index contributed by atoms with van der Waals surface area (Å²) in [6.45, 7) is 0.724. The highest BCUT2D eigenvalue weighted by Gasteiger charge is 2.22. The average Bonchev–Trinajstić information content (AvgIpc) is 3.21. The third kappa shape index (κ3) is 3.80. The number of amides is 1. The molecule has 4 nitrogen and oxygen atoms in total. The zero-order valence-electron chi connectivity index (χ0n) is 14.9. The molecule has 1 amide bonds. The maximum absolute atomic E-state index is 12.6. The monoisotopic (exact) mass is 359 g/mol. The standard InChI is InChI=1S/C23H21NO3/c25-23(20-12-7-13-21-22(20)27-16-26-21)24-15-14-19(17-8-3-1-4-9-17)18-10-5-2-6-11-18/h1-13,19H,14-16H2,(H,24,25). The predicted octanol–water partition coefficient (Wildman–Crippen LogP) is 4.37. The topological polar surface area (TPSA) is 47.6 Å². The zero-order chi connectivity index (χ0) is 18.5. The lowest BCUT2D eigenvalue weighted by Gasteiger charge is -2.18. The first-order valence-corrected chi connectivity index (χ1v) is 9.09. The quantitative estimate of drug-likeness (QED) is 0.711. The Morgan fingerprint density at radius 2 is 1.52 bits per heavy atom. The summed E-state index contributed by atoms with van der Waals surface area (Å²) in [7, 11) is 0. The lowest BCUT2D eigenvalue weighted by molar-refractivity contribution is 0.0948. The Bertz CT molecular complexity index is 870. The zero-order valence-corrected chi connectivity index (χ0v) is 14.9. The van der Waals surface area contributed by atoms with E-state index in [0.717, 1.165) is 6.42 Å². The average molecular weight is 359 g/mol. The van der Waals surface area contributed by atoms with Gasteiger partial charge in [-0.25, -0.2) is 0 Å². The fourth-order valence-electron chi connectivity index (χ4n) is 3.43. The Morgan fingerprint density at radius 1 is 0.852 bits per heavy atom. The van der Waals surface area contributed by atoms with Gasteiger partial charge in [0.1, 0.15) is 0 Å². The van der Waals surface area contributed by atoms with Crippen LogP contribution in [0.15, 0.2) is 78.9 Å². The highest BCUT2D eigenvalue weighted by molar-refractivity contribution is 5.97. The van der Waals surface area contributed by atoms with Crippen LogP contribution in [0.3, 0.4) is 0 Å². The third-order valence-electron chi connectivity index (χ3n) is 4.76. The summed E-state index contributed by atoms with van der Waals surface area (Å²) in [6.07, 6.45) is 0.812. The van der Waals surface area contributed by atoms with Crippen molar-refractivity contribution in [2.75, 3.05) is 13.3 Å². The molecule has 27 heavy (non-hydrogen) atoms. The van der Waals surface area contributed by atoms with Crippen LogP contribution in [-0.2, 0) is 0 Å². The first-order valence-electron chi connectivity index (χ1n) is 9.09. The number of benzene rings is 3. The predicted molar refractivity (Wildman–Crippen MR) is 104 cm³/mol.